The minimum Gasteiger partial charge on any atom is -0.375 e. The van der Waals surface area contributed by atoms with Gasteiger partial charge in [0.05, 0.1) is 5.69 Å². The second kappa shape index (κ2) is 7.84. The molecule has 0 spiro atoms. The van der Waals surface area contributed by atoms with Crippen molar-refractivity contribution in [2.75, 3.05) is 25.0 Å². The Hall–Kier alpha value is -1.81. The molecule has 0 amide bonds. The summed E-state index contributed by atoms with van der Waals surface area (Å²) >= 11 is 0. The highest BCUT2D eigenvalue weighted by Gasteiger charge is 2.02. The van der Waals surface area contributed by atoms with Crippen LogP contribution in [0.2, 0.25) is 0 Å². The van der Waals surface area contributed by atoms with Crippen LogP contribution in [0, 0.1) is 0 Å². The van der Waals surface area contributed by atoms with Crippen molar-refractivity contribution in [3.05, 3.63) is 48.3 Å². The zero-order valence-electron chi connectivity index (χ0n) is 13.3. The zero-order chi connectivity index (χ0) is 15.1. The summed E-state index contributed by atoms with van der Waals surface area (Å²) in [6.45, 7) is 7.19. The van der Waals surface area contributed by atoms with E-state index in [4.69, 9.17) is 0 Å². The molecule has 1 N–H and O–H groups in total. The predicted octanol–water partition coefficient (Wildman–Crippen LogP) is 3.08. The van der Waals surface area contributed by atoms with Gasteiger partial charge in [0, 0.05) is 38.1 Å². The quantitative estimate of drug-likeness (QED) is 0.757. The van der Waals surface area contributed by atoms with Gasteiger partial charge in [0.1, 0.15) is 0 Å². The van der Waals surface area contributed by atoms with Gasteiger partial charge in [0.25, 0.3) is 0 Å². The third-order valence-electron chi connectivity index (χ3n) is 3.54. The number of hydrogen-bond acceptors (Lipinski definition) is 3. The van der Waals surface area contributed by atoms with Gasteiger partial charge in [-0.05, 0) is 45.0 Å². The van der Waals surface area contributed by atoms with Gasteiger partial charge in [-0.1, -0.05) is 18.2 Å². The molecule has 0 aliphatic heterocycles. The lowest BCUT2D eigenvalue weighted by Gasteiger charge is -2.19. The lowest BCUT2D eigenvalue weighted by molar-refractivity contribution is 0.521. The number of anilines is 1. The minimum absolute atomic E-state index is 0.429. The summed E-state index contributed by atoms with van der Waals surface area (Å²) in [6, 6.07) is 13.0. The summed E-state index contributed by atoms with van der Waals surface area (Å²) in [5.74, 6) is 0. The monoisotopic (exact) mass is 286 g/mol. The third kappa shape index (κ3) is 4.90. The molecule has 0 saturated heterocycles. The molecule has 0 saturated carbocycles. The predicted molar refractivity (Wildman–Crippen MR) is 88.6 cm³/mol. The van der Waals surface area contributed by atoms with Crippen LogP contribution in [-0.4, -0.2) is 29.9 Å². The van der Waals surface area contributed by atoms with Crippen LogP contribution in [0.1, 0.15) is 32.0 Å². The lowest BCUT2D eigenvalue weighted by atomic mass is 10.3. The Balaban J connectivity index is 1.63. The summed E-state index contributed by atoms with van der Waals surface area (Å²) in [5.41, 5.74) is 2.38. The van der Waals surface area contributed by atoms with Crippen molar-refractivity contribution < 1.29 is 0 Å². The number of nitrogens with zero attached hydrogens (tertiary/aromatic N) is 3. The first kappa shape index (κ1) is 15.6. The molecule has 0 radical (unpaired) electrons. The zero-order valence-corrected chi connectivity index (χ0v) is 13.3. The summed E-state index contributed by atoms with van der Waals surface area (Å²) in [7, 11) is 2.14. The first-order valence-corrected chi connectivity index (χ1v) is 7.68. The highest BCUT2D eigenvalue weighted by molar-refractivity contribution is 5.44. The number of aromatic nitrogens is 2. The molecule has 1 aromatic carbocycles. The van der Waals surface area contributed by atoms with Crippen molar-refractivity contribution in [1.82, 2.24) is 15.1 Å². The van der Waals surface area contributed by atoms with Crippen LogP contribution in [-0.2, 0) is 6.54 Å². The highest BCUT2D eigenvalue weighted by Crippen LogP contribution is 2.10. The van der Waals surface area contributed by atoms with E-state index in [0.29, 0.717) is 6.04 Å². The van der Waals surface area contributed by atoms with Gasteiger partial charge >= 0.3 is 0 Å². The first-order valence-electron chi connectivity index (χ1n) is 7.68. The van der Waals surface area contributed by atoms with E-state index in [0.717, 1.165) is 31.7 Å². The normalized spacial score (nSPS) is 11.0. The van der Waals surface area contributed by atoms with E-state index in [-0.39, 0.29) is 0 Å². The molecular formula is C17H26N4. The van der Waals surface area contributed by atoms with Crippen LogP contribution in [0.5, 0.6) is 0 Å². The van der Waals surface area contributed by atoms with E-state index in [1.54, 1.807) is 0 Å². The van der Waals surface area contributed by atoms with Crippen LogP contribution < -0.4 is 10.2 Å². The van der Waals surface area contributed by atoms with E-state index in [9.17, 15) is 0 Å². The van der Waals surface area contributed by atoms with Crippen molar-refractivity contribution in [2.45, 2.75) is 32.9 Å². The number of para-hydroxylation sites is 1. The van der Waals surface area contributed by atoms with Crippen molar-refractivity contribution in [1.29, 1.82) is 0 Å². The van der Waals surface area contributed by atoms with E-state index in [1.807, 2.05) is 10.9 Å². The average Bonchev–Trinajstić information content (AvgIpc) is 2.97. The number of nitrogens with one attached hydrogen (secondary N) is 1. The Kier molecular flexibility index (Phi) is 5.81. The minimum atomic E-state index is 0.429. The molecule has 0 aliphatic carbocycles. The van der Waals surface area contributed by atoms with Crippen molar-refractivity contribution in [2.24, 2.45) is 0 Å². The van der Waals surface area contributed by atoms with Crippen LogP contribution in [0.25, 0.3) is 0 Å². The summed E-state index contributed by atoms with van der Waals surface area (Å²) in [6.07, 6.45) is 3.17. The maximum Gasteiger partial charge on any atom is 0.0762 e. The van der Waals surface area contributed by atoms with Crippen molar-refractivity contribution in [3.63, 3.8) is 0 Å². The van der Waals surface area contributed by atoms with E-state index < -0.39 is 0 Å². The molecule has 1 heterocycles. The molecule has 1 aromatic heterocycles. The van der Waals surface area contributed by atoms with E-state index >= 15 is 0 Å². The van der Waals surface area contributed by atoms with Gasteiger partial charge in [-0.15, -0.1) is 0 Å². The smallest absolute Gasteiger partial charge is 0.0762 e. The van der Waals surface area contributed by atoms with Crippen LogP contribution in [0.15, 0.2) is 42.6 Å². The number of rotatable bonds is 8. The standard InChI is InChI=1S/C17H26N4/c1-15(2)21-13-10-16(19-21)14-18-11-7-12-20(3)17-8-5-4-6-9-17/h4-6,8-10,13,15,18H,7,11-12,14H2,1-3H3. The van der Waals surface area contributed by atoms with Crippen molar-refractivity contribution in [3.8, 4) is 0 Å². The molecule has 21 heavy (non-hydrogen) atoms. The highest BCUT2D eigenvalue weighted by atomic mass is 15.3. The molecule has 2 rings (SSSR count). The summed E-state index contributed by atoms with van der Waals surface area (Å²) in [4.78, 5) is 2.29. The molecular weight excluding hydrogens is 260 g/mol. The molecule has 0 unspecified atom stereocenters. The third-order valence-corrected chi connectivity index (χ3v) is 3.54. The number of benzene rings is 1. The summed E-state index contributed by atoms with van der Waals surface area (Å²) < 4.78 is 2.00. The average molecular weight is 286 g/mol. The first-order chi connectivity index (χ1) is 10.2. The Morgan fingerprint density at radius 3 is 2.62 bits per heavy atom. The topological polar surface area (TPSA) is 33.1 Å². The van der Waals surface area contributed by atoms with Gasteiger partial charge < -0.3 is 10.2 Å². The molecule has 0 aliphatic rings. The largest absolute Gasteiger partial charge is 0.375 e. The van der Waals surface area contributed by atoms with Crippen LogP contribution in [0.4, 0.5) is 5.69 Å². The molecule has 0 bridgehead atoms. The van der Waals surface area contributed by atoms with Gasteiger partial charge in [-0.3, -0.25) is 4.68 Å². The van der Waals surface area contributed by atoms with Gasteiger partial charge in [-0.25, -0.2) is 0 Å². The van der Waals surface area contributed by atoms with E-state index in [2.05, 4.69) is 72.6 Å². The Bertz CT molecular complexity index is 519. The van der Waals surface area contributed by atoms with Crippen LogP contribution >= 0.6 is 0 Å². The molecule has 4 heteroatoms. The molecule has 0 fully saturated rings. The SMILES string of the molecule is CC(C)n1ccc(CNCCCN(C)c2ccccc2)n1. The Morgan fingerprint density at radius 1 is 1.19 bits per heavy atom. The molecule has 0 atom stereocenters. The van der Waals surface area contributed by atoms with Gasteiger partial charge in [0.2, 0.25) is 0 Å². The fraction of sp³-hybridized carbons (Fsp3) is 0.471. The van der Waals surface area contributed by atoms with Crippen LogP contribution in [0.3, 0.4) is 0 Å². The lowest BCUT2D eigenvalue weighted by Crippen LogP contribution is -2.23. The fourth-order valence-corrected chi connectivity index (χ4v) is 2.23. The molecule has 2 aromatic rings. The van der Waals surface area contributed by atoms with Crippen molar-refractivity contribution >= 4 is 5.69 Å². The maximum absolute atomic E-state index is 4.53. The Labute approximate surface area is 127 Å². The summed E-state index contributed by atoms with van der Waals surface area (Å²) in [5, 5.41) is 7.99. The second-order valence-electron chi connectivity index (χ2n) is 5.67. The van der Waals surface area contributed by atoms with E-state index in [1.165, 1.54) is 5.69 Å². The Morgan fingerprint density at radius 2 is 1.95 bits per heavy atom. The van der Waals surface area contributed by atoms with Gasteiger partial charge in [0.15, 0.2) is 0 Å². The maximum atomic E-state index is 4.53. The van der Waals surface area contributed by atoms with Gasteiger partial charge in [-0.2, -0.15) is 5.10 Å². The molecule has 114 valence electrons. The molecule has 4 nitrogen and oxygen atoms in total. The second-order valence-corrected chi connectivity index (χ2v) is 5.67. The number of hydrogen-bond donors (Lipinski definition) is 1. The fourth-order valence-electron chi connectivity index (χ4n) is 2.23.